The number of aryl methyl sites for hydroxylation is 1. The molecule has 2 fully saturated rings. The van der Waals surface area contributed by atoms with Crippen molar-refractivity contribution in [3.8, 4) is 16.9 Å². The number of carbonyl (C=O) groups is 1. The van der Waals surface area contributed by atoms with Crippen molar-refractivity contribution < 1.29 is 14.6 Å². The second-order valence-electron chi connectivity index (χ2n) is 7.75. The number of benzene rings is 2. The third kappa shape index (κ3) is 3.34. The summed E-state index contributed by atoms with van der Waals surface area (Å²) in [7, 11) is 2.14. The average Bonchev–Trinajstić information content (AvgIpc) is 3.06. The molecule has 0 amide bonds. The fourth-order valence-corrected chi connectivity index (χ4v) is 4.37. The Kier molecular flexibility index (Phi) is 4.45. The summed E-state index contributed by atoms with van der Waals surface area (Å²) in [5, 5.41) is 10.4. The van der Waals surface area contributed by atoms with Gasteiger partial charge in [-0.05, 0) is 43.0 Å². The second-order valence-corrected chi connectivity index (χ2v) is 7.75. The van der Waals surface area contributed by atoms with E-state index in [4.69, 9.17) is 4.74 Å². The molecule has 1 aliphatic carbocycles. The molecule has 1 saturated carbocycles. The van der Waals surface area contributed by atoms with Crippen molar-refractivity contribution in [2.45, 2.75) is 13.3 Å². The summed E-state index contributed by atoms with van der Waals surface area (Å²) in [6.07, 6.45) is 0.180. The Hall–Kier alpha value is -2.33. The summed E-state index contributed by atoms with van der Waals surface area (Å²) in [6.45, 7) is 4.79. The van der Waals surface area contributed by atoms with Gasteiger partial charge in [0.25, 0.3) is 0 Å². The van der Waals surface area contributed by atoms with E-state index in [0.717, 1.165) is 35.3 Å². The Morgan fingerprint density at radius 3 is 2.65 bits per heavy atom. The van der Waals surface area contributed by atoms with Gasteiger partial charge in [-0.2, -0.15) is 0 Å². The van der Waals surface area contributed by atoms with Crippen LogP contribution in [0.5, 0.6) is 5.75 Å². The standard InChI is InChI=1S/C22H25NO3/c1-14-5-3-6-15(9-14)22-16(7-4-8-20(22)24)10-21(25)26-13-19-17-11-23(2)12-18(17)19/h3-9,17-19,24H,10-13H2,1-2H3. The molecule has 1 heterocycles. The molecule has 4 heteroatoms. The molecule has 2 aromatic carbocycles. The molecule has 4 nitrogen and oxygen atoms in total. The van der Waals surface area contributed by atoms with Crippen molar-refractivity contribution in [3.05, 3.63) is 53.6 Å². The second kappa shape index (κ2) is 6.76. The molecule has 136 valence electrons. The SMILES string of the molecule is Cc1cccc(-c2c(O)cccc2CC(=O)OCC2C3CN(C)CC23)c1. The molecule has 0 bridgehead atoms. The first-order chi connectivity index (χ1) is 12.5. The van der Waals surface area contributed by atoms with Gasteiger partial charge in [0.1, 0.15) is 5.75 Å². The summed E-state index contributed by atoms with van der Waals surface area (Å²) in [5.41, 5.74) is 3.56. The van der Waals surface area contributed by atoms with Gasteiger partial charge in [-0.15, -0.1) is 0 Å². The number of fused-ring (bicyclic) bond motifs is 1. The molecular formula is C22H25NO3. The highest BCUT2D eigenvalue weighted by molar-refractivity contribution is 5.81. The molecule has 1 N–H and O–H groups in total. The average molecular weight is 351 g/mol. The van der Waals surface area contributed by atoms with Crippen LogP contribution >= 0.6 is 0 Å². The van der Waals surface area contributed by atoms with Gasteiger partial charge in [0.2, 0.25) is 0 Å². The highest BCUT2D eigenvalue weighted by Crippen LogP contribution is 2.51. The lowest BCUT2D eigenvalue weighted by molar-refractivity contribution is -0.143. The van der Waals surface area contributed by atoms with Crippen LogP contribution in [0.4, 0.5) is 0 Å². The number of likely N-dealkylation sites (tertiary alicyclic amines) is 1. The van der Waals surface area contributed by atoms with Crippen LogP contribution < -0.4 is 0 Å². The lowest BCUT2D eigenvalue weighted by Gasteiger charge is -2.14. The number of ether oxygens (including phenoxy) is 1. The zero-order valence-corrected chi connectivity index (χ0v) is 15.3. The van der Waals surface area contributed by atoms with Gasteiger partial charge < -0.3 is 14.7 Å². The predicted molar refractivity (Wildman–Crippen MR) is 101 cm³/mol. The van der Waals surface area contributed by atoms with Crippen LogP contribution in [0, 0.1) is 24.7 Å². The van der Waals surface area contributed by atoms with Crippen LogP contribution in [0.2, 0.25) is 0 Å². The van der Waals surface area contributed by atoms with Crippen LogP contribution in [0.1, 0.15) is 11.1 Å². The zero-order chi connectivity index (χ0) is 18.3. The van der Waals surface area contributed by atoms with E-state index in [1.54, 1.807) is 12.1 Å². The van der Waals surface area contributed by atoms with E-state index in [2.05, 4.69) is 11.9 Å². The molecule has 2 aliphatic rings. The predicted octanol–water partition coefficient (Wildman–Crippen LogP) is 3.26. The lowest BCUT2D eigenvalue weighted by atomic mass is 9.95. The number of piperidine rings is 1. The maximum Gasteiger partial charge on any atom is 0.310 e. The summed E-state index contributed by atoms with van der Waals surface area (Å²) in [6, 6.07) is 13.3. The molecule has 2 atom stereocenters. The first-order valence-corrected chi connectivity index (χ1v) is 9.25. The normalized spacial score (nSPS) is 24.3. The van der Waals surface area contributed by atoms with E-state index >= 15 is 0 Å². The van der Waals surface area contributed by atoms with Crippen LogP contribution in [0.15, 0.2) is 42.5 Å². The topological polar surface area (TPSA) is 49.8 Å². The van der Waals surface area contributed by atoms with Crippen LogP contribution in [0.25, 0.3) is 11.1 Å². The van der Waals surface area contributed by atoms with Gasteiger partial charge in [0.05, 0.1) is 13.0 Å². The van der Waals surface area contributed by atoms with E-state index in [1.165, 1.54) is 0 Å². The number of hydrogen-bond donors (Lipinski definition) is 1. The first-order valence-electron chi connectivity index (χ1n) is 9.25. The summed E-state index contributed by atoms with van der Waals surface area (Å²) >= 11 is 0. The molecule has 1 aliphatic heterocycles. The minimum absolute atomic E-state index is 0.180. The fourth-order valence-electron chi connectivity index (χ4n) is 4.37. The minimum atomic E-state index is -0.220. The van der Waals surface area contributed by atoms with Crippen molar-refractivity contribution in [3.63, 3.8) is 0 Å². The monoisotopic (exact) mass is 351 g/mol. The van der Waals surface area contributed by atoms with Crippen LogP contribution in [-0.2, 0) is 16.0 Å². The number of aromatic hydroxyl groups is 1. The quantitative estimate of drug-likeness (QED) is 0.840. The Bertz CT molecular complexity index is 820. The Balaban J connectivity index is 1.43. The molecule has 1 saturated heterocycles. The summed E-state index contributed by atoms with van der Waals surface area (Å²) in [4.78, 5) is 14.7. The molecule has 0 radical (unpaired) electrons. The van der Waals surface area contributed by atoms with Crippen LogP contribution in [-0.4, -0.2) is 42.7 Å². The molecule has 2 aromatic rings. The third-order valence-electron chi connectivity index (χ3n) is 5.76. The van der Waals surface area contributed by atoms with Gasteiger partial charge >= 0.3 is 5.97 Å². The van der Waals surface area contributed by atoms with Crippen LogP contribution in [0.3, 0.4) is 0 Å². The molecule has 2 unspecified atom stereocenters. The smallest absolute Gasteiger partial charge is 0.310 e. The van der Waals surface area contributed by atoms with E-state index < -0.39 is 0 Å². The van der Waals surface area contributed by atoms with E-state index in [0.29, 0.717) is 24.4 Å². The van der Waals surface area contributed by atoms with Crippen molar-refractivity contribution in [2.24, 2.45) is 17.8 Å². The number of hydrogen-bond acceptors (Lipinski definition) is 4. The molecule has 26 heavy (non-hydrogen) atoms. The molecular weight excluding hydrogens is 326 g/mol. The van der Waals surface area contributed by atoms with E-state index in [1.807, 2.05) is 37.3 Å². The number of phenols is 1. The molecule has 0 aromatic heterocycles. The van der Waals surface area contributed by atoms with Gasteiger partial charge in [-0.25, -0.2) is 0 Å². The van der Waals surface area contributed by atoms with Crippen molar-refractivity contribution in [1.82, 2.24) is 4.90 Å². The third-order valence-corrected chi connectivity index (χ3v) is 5.76. The van der Waals surface area contributed by atoms with Gasteiger partial charge in [0.15, 0.2) is 0 Å². The summed E-state index contributed by atoms with van der Waals surface area (Å²) < 4.78 is 5.56. The van der Waals surface area contributed by atoms with E-state index in [-0.39, 0.29) is 18.1 Å². The largest absolute Gasteiger partial charge is 0.507 e. The number of esters is 1. The lowest BCUT2D eigenvalue weighted by Crippen LogP contribution is -2.21. The first kappa shape index (κ1) is 17.1. The van der Waals surface area contributed by atoms with Crippen molar-refractivity contribution in [1.29, 1.82) is 0 Å². The number of nitrogens with zero attached hydrogens (tertiary/aromatic N) is 1. The van der Waals surface area contributed by atoms with Gasteiger partial charge in [-0.3, -0.25) is 4.79 Å². The Morgan fingerprint density at radius 2 is 1.92 bits per heavy atom. The van der Waals surface area contributed by atoms with Crippen molar-refractivity contribution >= 4 is 5.97 Å². The highest BCUT2D eigenvalue weighted by atomic mass is 16.5. The highest BCUT2D eigenvalue weighted by Gasteiger charge is 2.55. The van der Waals surface area contributed by atoms with Gasteiger partial charge in [-0.1, -0.05) is 42.0 Å². The Morgan fingerprint density at radius 1 is 1.19 bits per heavy atom. The number of phenolic OH excluding ortho intramolecular Hbond substituents is 1. The minimum Gasteiger partial charge on any atom is -0.507 e. The van der Waals surface area contributed by atoms with E-state index in [9.17, 15) is 9.90 Å². The molecule has 4 rings (SSSR count). The van der Waals surface area contributed by atoms with Crippen molar-refractivity contribution in [2.75, 3.05) is 26.7 Å². The zero-order valence-electron chi connectivity index (χ0n) is 15.3. The van der Waals surface area contributed by atoms with Gasteiger partial charge in [0, 0.05) is 24.6 Å². The summed E-state index contributed by atoms with van der Waals surface area (Å²) in [5.74, 6) is 1.92. The maximum absolute atomic E-state index is 12.4. The fraction of sp³-hybridized carbons (Fsp3) is 0.409. The number of rotatable bonds is 5. The molecule has 0 spiro atoms. The Labute approximate surface area is 154 Å². The maximum atomic E-state index is 12.4. The number of carbonyl (C=O) groups excluding carboxylic acids is 1.